The number of hydrogen-bond acceptors (Lipinski definition) is 5. The Labute approximate surface area is 249 Å². The van der Waals surface area contributed by atoms with Crippen molar-refractivity contribution in [3.63, 3.8) is 0 Å². The minimum absolute atomic E-state index is 0.0480. The number of unbranched alkanes of at least 4 members (excludes halogenated alkanes) is 16. The largest absolute Gasteiger partial charge is 0.507 e. The normalized spacial score (nSPS) is 11.3. The predicted molar refractivity (Wildman–Crippen MR) is 172 cm³/mol. The first kappa shape index (κ1) is 34.4. The smallest absolute Gasteiger partial charge is 0.343 e. The van der Waals surface area contributed by atoms with Crippen molar-refractivity contribution in [3.8, 4) is 17.2 Å². The summed E-state index contributed by atoms with van der Waals surface area (Å²) < 4.78 is 11.3. The van der Waals surface area contributed by atoms with Gasteiger partial charge >= 0.3 is 5.97 Å². The van der Waals surface area contributed by atoms with Crippen molar-refractivity contribution in [1.82, 2.24) is 0 Å². The molecule has 0 aliphatic heterocycles. The first-order valence-corrected chi connectivity index (χ1v) is 16.4. The van der Waals surface area contributed by atoms with Gasteiger partial charge in [-0.05, 0) is 49.2 Å². The molecule has 0 unspecified atom stereocenters. The number of nitrogens with zero attached hydrogens (tertiary/aromatic N) is 1. The van der Waals surface area contributed by atoms with E-state index in [9.17, 15) is 9.90 Å². The van der Waals surface area contributed by atoms with E-state index >= 15 is 0 Å². The number of rotatable bonds is 24. The van der Waals surface area contributed by atoms with E-state index in [1.165, 1.54) is 109 Å². The van der Waals surface area contributed by atoms with Crippen molar-refractivity contribution >= 4 is 12.2 Å². The van der Waals surface area contributed by atoms with Crippen LogP contribution in [-0.4, -0.2) is 30.4 Å². The molecule has 0 radical (unpaired) electrons. The van der Waals surface area contributed by atoms with Gasteiger partial charge < -0.3 is 14.6 Å². The second-order valence-electron chi connectivity index (χ2n) is 11.2. The van der Waals surface area contributed by atoms with Gasteiger partial charge in [0.1, 0.15) is 17.2 Å². The Hall–Kier alpha value is -2.82. The van der Waals surface area contributed by atoms with E-state index < -0.39 is 5.97 Å². The molecule has 0 saturated heterocycles. The van der Waals surface area contributed by atoms with Crippen molar-refractivity contribution in [2.45, 2.75) is 129 Å². The molecule has 5 nitrogen and oxygen atoms in total. The third kappa shape index (κ3) is 16.3. The van der Waals surface area contributed by atoms with Crippen LogP contribution in [0.2, 0.25) is 0 Å². The van der Waals surface area contributed by atoms with Crippen LogP contribution in [0.5, 0.6) is 17.2 Å². The van der Waals surface area contributed by atoms with Gasteiger partial charge in [-0.1, -0.05) is 117 Å². The fourth-order valence-electron chi connectivity index (χ4n) is 4.83. The first-order chi connectivity index (χ1) is 20.1. The Kier molecular flexibility index (Phi) is 19.1. The summed E-state index contributed by atoms with van der Waals surface area (Å²) in [6.07, 6.45) is 24.8. The van der Waals surface area contributed by atoms with Crippen LogP contribution in [0.4, 0.5) is 0 Å². The lowest BCUT2D eigenvalue weighted by Gasteiger charge is -2.08. The fourth-order valence-corrected chi connectivity index (χ4v) is 4.83. The molecule has 0 heterocycles. The lowest BCUT2D eigenvalue weighted by Crippen LogP contribution is -2.08. The number of esters is 1. The zero-order valence-corrected chi connectivity index (χ0v) is 25.9. The summed E-state index contributed by atoms with van der Waals surface area (Å²) in [5, 5.41) is 10.4. The molecule has 0 aliphatic rings. The topological polar surface area (TPSA) is 68.1 Å². The minimum atomic E-state index is -0.471. The maximum Gasteiger partial charge on any atom is 0.343 e. The number of carbonyl (C=O) groups is 1. The highest BCUT2D eigenvalue weighted by molar-refractivity contribution is 5.91. The molecule has 2 rings (SSSR count). The Morgan fingerprint density at radius 3 is 1.76 bits per heavy atom. The molecule has 0 spiro atoms. The van der Waals surface area contributed by atoms with Crippen LogP contribution in [0.15, 0.2) is 47.5 Å². The van der Waals surface area contributed by atoms with E-state index in [2.05, 4.69) is 18.8 Å². The van der Waals surface area contributed by atoms with E-state index in [1.54, 1.807) is 42.6 Å². The highest BCUT2D eigenvalue weighted by Gasteiger charge is 2.10. The summed E-state index contributed by atoms with van der Waals surface area (Å²) in [4.78, 5) is 17.0. The van der Waals surface area contributed by atoms with Crippen LogP contribution in [0.25, 0.3) is 0 Å². The lowest BCUT2D eigenvalue weighted by atomic mass is 10.1. The van der Waals surface area contributed by atoms with E-state index in [1.807, 2.05) is 0 Å². The van der Waals surface area contributed by atoms with E-state index in [4.69, 9.17) is 9.47 Å². The molecule has 41 heavy (non-hydrogen) atoms. The van der Waals surface area contributed by atoms with E-state index in [-0.39, 0.29) is 5.75 Å². The van der Waals surface area contributed by atoms with Gasteiger partial charge in [-0.3, -0.25) is 4.99 Å². The van der Waals surface area contributed by atoms with Gasteiger partial charge in [0.2, 0.25) is 0 Å². The highest BCUT2D eigenvalue weighted by Crippen LogP contribution is 2.24. The Morgan fingerprint density at radius 2 is 1.20 bits per heavy atom. The fraction of sp³-hybridized carbons (Fsp3) is 0.611. The number of carbonyl (C=O) groups excluding carboxylic acids is 1. The van der Waals surface area contributed by atoms with Crippen molar-refractivity contribution < 1.29 is 19.4 Å². The van der Waals surface area contributed by atoms with Crippen LogP contribution < -0.4 is 9.47 Å². The Morgan fingerprint density at radius 1 is 0.683 bits per heavy atom. The van der Waals surface area contributed by atoms with Crippen molar-refractivity contribution in [3.05, 3.63) is 53.6 Å². The van der Waals surface area contributed by atoms with Crippen molar-refractivity contribution in [2.75, 3.05) is 13.2 Å². The van der Waals surface area contributed by atoms with Gasteiger partial charge in [-0.2, -0.15) is 0 Å². The number of phenolic OH excluding ortho intramolecular Hbond substituents is 1. The number of hydrogen-bond donors (Lipinski definition) is 1. The second kappa shape index (κ2) is 22.8. The molecule has 0 atom stereocenters. The molecule has 2 aromatic carbocycles. The van der Waals surface area contributed by atoms with Crippen LogP contribution in [-0.2, 0) is 0 Å². The molecule has 5 heteroatoms. The van der Waals surface area contributed by atoms with Crippen LogP contribution in [0.1, 0.15) is 145 Å². The molecule has 0 aliphatic carbocycles. The maximum absolute atomic E-state index is 12.6. The molecule has 228 valence electrons. The minimum Gasteiger partial charge on any atom is -0.507 e. The summed E-state index contributed by atoms with van der Waals surface area (Å²) in [5.41, 5.74) is 1.06. The standard InChI is InChI=1S/C36H55NO4/c1-3-5-7-9-11-13-14-15-17-19-27-37-30-32-23-26-34(29-35(32)38)41-36(39)31-21-24-33(25-22-31)40-28-20-18-16-12-10-8-6-4-2/h21-26,29-30,38H,3-20,27-28H2,1-2H3. The molecule has 0 saturated carbocycles. The molecule has 2 aromatic rings. The number of benzene rings is 2. The van der Waals surface area contributed by atoms with E-state index in [0.717, 1.165) is 25.1 Å². The number of aromatic hydroxyl groups is 1. The van der Waals surface area contributed by atoms with Gasteiger partial charge in [0, 0.05) is 24.4 Å². The SMILES string of the molecule is CCCCCCCCCCCCN=Cc1ccc(OC(=O)c2ccc(OCCCCCCCCCC)cc2)cc1O. The molecular formula is C36H55NO4. The number of phenols is 1. The quantitative estimate of drug-likeness (QED) is 0.0595. The number of ether oxygens (including phenoxy) is 2. The maximum atomic E-state index is 12.6. The molecule has 0 amide bonds. The van der Waals surface area contributed by atoms with Crippen molar-refractivity contribution in [1.29, 1.82) is 0 Å². The Bertz CT molecular complexity index is 970. The average Bonchev–Trinajstić information content (AvgIpc) is 2.98. The van der Waals surface area contributed by atoms with Crippen LogP contribution >= 0.6 is 0 Å². The number of aliphatic imine (C=N–C) groups is 1. The van der Waals surface area contributed by atoms with Gasteiger partial charge in [0.05, 0.1) is 12.2 Å². The zero-order valence-electron chi connectivity index (χ0n) is 25.9. The predicted octanol–water partition coefficient (Wildman–Crippen LogP) is 10.5. The Balaban J connectivity index is 1.62. The highest BCUT2D eigenvalue weighted by atomic mass is 16.5. The van der Waals surface area contributed by atoms with Crippen LogP contribution in [0, 0.1) is 0 Å². The molecule has 1 N–H and O–H groups in total. The third-order valence-electron chi connectivity index (χ3n) is 7.44. The molecule has 0 fully saturated rings. The third-order valence-corrected chi connectivity index (χ3v) is 7.44. The van der Waals surface area contributed by atoms with E-state index in [0.29, 0.717) is 23.5 Å². The summed E-state index contributed by atoms with van der Waals surface area (Å²) >= 11 is 0. The second-order valence-corrected chi connectivity index (χ2v) is 11.2. The van der Waals surface area contributed by atoms with Crippen molar-refractivity contribution in [2.24, 2.45) is 4.99 Å². The van der Waals surface area contributed by atoms with Gasteiger partial charge in [-0.15, -0.1) is 0 Å². The molecule has 0 aromatic heterocycles. The van der Waals surface area contributed by atoms with Crippen LogP contribution in [0.3, 0.4) is 0 Å². The summed E-state index contributed by atoms with van der Waals surface area (Å²) in [7, 11) is 0. The van der Waals surface area contributed by atoms with Gasteiger partial charge in [-0.25, -0.2) is 4.79 Å². The monoisotopic (exact) mass is 565 g/mol. The van der Waals surface area contributed by atoms with Gasteiger partial charge in [0.15, 0.2) is 0 Å². The first-order valence-electron chi connectivity index (χ1n) is 16.4. The molecule has 0 bridgehead atoms. The molecular weight excluding hydrogens is 510 g/mol. The summed E-state index contributed by atoms with van der Waals surface area (Å²) in [6.45, 7) is 5.94. The summed E-state index contributed by atoms with van der Waals surface area (Å²) in [5.74, 6) is 0.631. The zero-order chi connectivity index (χ0) is 29.4. The summed E-state index contributed by atoms with van der Waals surface area (Å²) in [6, 6.07) is 11.9. The average molecular weight is 566 g/mol. The van der Waals surface area contributed by atoms with Gasteiger partial charge in [0.25, 0.3) is 0 Å². The lowest BCUT2D eigenvalue weighted by molar-refractivity contribution is 0.0734.